The Labute approximate surface area is 449 Å². The van der Waals surface area contributed by atoms with Gasteiger partial charge in [-0.25, -0.2) is 9.97 Å². The number of aromatic nitrogens is 8. The van der Waals surface area contributed by atoms with Crippen LogP contribution in [0.2, 0.25) is 55.2 Å². The van der Waals surface area contributed by atoms with Gasteiger partial charge in [-0.1, -0.05) is 206 Å². The van der Waals surface area contributed by atoms with Crippen LogP contribution in [0.1, 0.15) is 52.7 Å². The zero-order chi connectivity index (χ0) is 47.2. The van der Waals surface area contributed by atoms with Crippen LogP contribution in [0.4, 0.5) is 0 Å². The molecule has 0 aliphatic carbocycles. The quantitative estimate of drug-likeness (QED) is 0.0948. The van der Waals surface area contributed by atoms with Gasteiger partial charge in [-0.05, 0) is 33.2 Å². The minimum absolute atomic E-state index is 0. The Kier molecular flexibility index (Phi) is 12.8. The zero-order valence-electron chi connectivity index (χ0n) is 35.4. The average Bonchev–Trinajstić information content (AvgIpc) is 4.01. The van der Waals surface area contributed by atoms with Crippen molar-refractivity contribution in [3.8, 4) is 57.1 Å². The van der Waals surface area contributed by atoms with Crippen LogP contribution in [0.15, 0.2) is 42.5 Å². The monoisotopic (exact) mass is 1150 g/mol. The molecule has 8 aromatic rings. The van der Waals surface area contributed by atoms with Gasteiger partial charge in [0, 0.05) is 61.2 Å². The Morgan fingerprint density at radius 2 is 0.806 bits per heavy atom. The normalized spacial score (nSPS) is 12.4. The minimum atomic E-state index is -0.361. The van der Waals surface area contributed by atoms with E-state index >= 15 is 0 Å². The van der Waals surface area contributed by atoms with E-state index in [9.17, 15) is 0 Å². The number of fused-ring (bicyclic) bond motifs is 20. The van der Waals surface area contributed by atoms with Crippen LogP contribution in [-0.2, 0) is 30.3 Å². The smallest absolute Gasteiger partial charge is 0.454 e. The first-order valence-corrected chi connectivity index (χ1v) is 23.8. The summed E-state index contributed by atoms with van der Waals surface area (Å²) in [4.78, 5) is 39.2. The van der Waals surface area contributed by atoms with Crippen molar-refractivity contribution in [2.24, 2.45) is 0 Å². The van der Waals surface area contributed by atoms with Crippen molar-refractivity contribution in [2.75, 3.05) is 0 Å². The molecule has 10 rings (SSSR count). The van der Waals surface area contributed by atoms with E-state index in [0.29, 0.717) is 16.5 Å². The van der Waals surface area contributed by atoms with Gasteiger partial charge in [0.2, 0.25) is 0 Å². The van der Waals surface area contributed by atoms with Crippen LogP contribution >= 0.6 is 128 Å². The second kappa shape index (κ2) is 17.4. The van der Waals surface area contributed by atoms with Crippen molar-refractivity contribution in [1.82, 2.24) is 39.9 Å². The maximum absolute atomic E-state index is 7.45. The number of hydrogen-bond donors (Lipinski definition) is 0. The molecule has 3 aromatic heterocycles. The summed E-state index contributed by atoms with van der Waals surface area (Å²) in [7, 11) is 0. The number of halogens is 11. The summed E-state index contributed by atoms with van der Waals surface area (Å²) >= 11 is 76.3. The molecule has 67 heavy (non-hydrogen) atoms. The molecule has 9 nitrogen and oxygen atoms in total. The molecular weight excluding hydrogens is 1140 g/mol. The molecule has 0 radical (unpaired) electrons. The van der Waals surface area contributed by atoms with Gasteiger partial charge in [0.1, 0.15) is 10.8 Å². The first-order chi connectivity index (χ1) is 31.1. The molecule has 0 atom stereocenters. The summed E-state index contributed by atoms with van der Waals surface area (Å²) in [6.45, 7) is 12.7. The molecule has 334 valence electrons. The summed E-state index contributed by atoms with van der Waals surface area (Å²) in [6, 6.07) is 13.3. The second-order valence-electron chi connectivity index (χ2n) is 17.4. The summed E-state index contributed by atoms with van der Waals surface area (Å²) in [5.74, 6) is 0.646. The third kappa shape index (κ3) is 7.85. The van der Waals surface area contributed by atoms with Gasteiger partial charge in [-0.3, -0.25) is 0 Å². The molecule has 0 N–H and O–H groups in total. The Morgan fingerprint density at radius 1 is 0.418 bits per heavy atom. The number of hydrogen-bond acceptors (Lipinski definition) is 7. The molecule has 0 amide bonds. The van der Waals surface area contributed by atoms with Gasteiger partial charge in [-0.2, -0.15) is 0 Å². The van der Waals surface area contributed by atoms with E-state index < -0.39 is 0 Å². The third-order valence-electron chi connectivity index (χ3n) is 11.1. The summed E-state index contributed by atoms with van der Waals surface area (Å²) in [6.07, 6.45) is 0. The molecule has 2 aliphatic rings. The summed E-state index contributed by atoms with van der Waals surface area (Å²) < 4.78 is 6.70. The van der Waals surface area contributed by atoms with Gasteiger partial charge in [-0.15, -0.1) is 0 Å². The SMILES string of the molecule is CC(C)(C)c1ccc(Oc2c(Cl)c(Cl)c3c(c2Cl)-c2nc-3nc3[n-]c(nc4nc(nc5[n-]c(n2)c2c(Cl)c(Cl)c(Cl)c(Cl)c52)-c2c(Cl)c(Cl)c(Cl)c(Cl)c2-4)c2ccccc32)c(C(C)(C)C)c1.[Zn+2]. The number of ether oxygens (including phenoxy) is 1. The number of nitrogens with zero attached hydrogens (tertiary/aromatic N) is 8. The maximum Gasteiger partial charge on any atom is 2.00 e. The average molecular weight is 1160 g/mol. The van der Waals surface area contributed by atoms with Crippen molar-refractivity contribution < 1.29 is 24.2 Å². The van der Waals surface area contributed by atoms with E-state index in [0.717, 1.165) is 11.1 Å². The summed E-state index contributed by atoms with van der Waals surface area (Å²) in [5, 5.41) is 1.31. The fourth-order valence-corrected chi connectivity index (χ4v) is 10.7. The van der Waals surface area contributed by atoms with Gasteiger partial charge < -0.3 is 34.6 Å². The molecule has 5 heterocycles. The number of rotatable bonds is 2. The van der Waals surface area contributed by atoms with Crippen LogP contribution in [0, 0.1) is 0 Å². The second-order valence-corrected chi connectivity index (χ2v) is 21.5. The minimum Gasteiger partial charge on any atom is -0.454 e. The van der Waals surface area contributed by atoms with E-state index in [2.05, 4.69) is 47.6 Å². The zero-order valence-corrected chi connectivity index (χ0v) is 46.7. The first-order valence-electron chi connectivity index (χ1n) is 19.6. The van der Waals surface area contributed by atoms with Gasteiger partial charge in [0.25, 0.3) is 0 Å². The molecule has 21 heteroatoms. The van der Waals surface area contributed by atoms with Crippen molar-refractivity contribution in [3.63, 3.8) is 0 Å². The third-order valence-corrected chi connectivity index (χ3v) is 15.9. The predicted octanol–water partition coefficient (Wildman–Crippen LogP) is 17.7. The Bertz CT molecular complexity index is 3690. The molecule has 0 saturated carbocycles. The molecule has 0 saturated heterocycles. The van der Waals surface area contributed by atoms with E-state index in [1.54, 1.807) is 0 Å². The predicted molar refractivity (Wildman–Crippen MR) is 273 cm³/mol. The molecule has 0 unspecified atom stereocenters. The van der Waals surface area contributed by atoms with E-state index in [1.807, 2.05) is 36.4 Å². The maximum atomic E-state index is 7.45. The molecule has 5 aromatic carbocycles. The standard InChI is InChI=1S/C46H25Cl11N8O.Zn/c1-45(2,3)14-11-12-18(17(13-14)46(4,5)6)66-36-30(52)24-23(29(51)35(36)57)40-60-38-16-10-8-7-9-15(16)37(58-38)59-39-19-20(26(48)32(54)31(53)25(19)47)41(61-39)63-42-21-22(43(64-42)65-44(24)62-40)28(50)34(56)33(55)27(21)49;/h7-13H,1-6H3;/q-2;+2. The number of benzene rings is 5. The van der Waals surface area contributed by atoms with Gasteiger partial charge in [0.05, 0.1) is 73.5 Å². The van der Waals surface area contributed by atoms with Crippen LogP contribution in [-0.4, -0.2) is 29.9 Å². The van der Waals surface area contributed by atoms with E-state index in [1.165, 1.54) is 0 Å². The fourth-order valence-electron chi connectivity index (χ4n) is 7.82. The summed E-state index contributed by atoms with van der Waals surface area (Å²) in [5.41, 5.74) is 2.73. The molecular formula is C46H25Cl11N8OZn. The van der Waals surface area contributed by atoms with Crippen LogP contribution in [0.3, 0.4) is 0 Å². The van der Waals surface area contributed by atoms with E-state index in [4.69, 9.17) is 172 Å². The van der Waals surface area contributed by atoms with E-state index in [-0.39, 0.29) is 170 Å². The molecule has 2 aliphatic heterocycles. The van der Waals surface area contributed by atoms with Crippen molar-refractivity contribution in [3.05, 3.63) is 109 Å². The van der Waals surface area contributed by atoms with Crippen LogP contribution in [0.25, 0.3) is 89.7 Å². The molecule has 0 spiro atoms. The van der Waals surface area contributed by atoms with Gasteiger partial charge >= 0.3 is 19.5 Å². The van der Waals surface area contributed by atoms with Crippen LogP contribution in [0.5, 0.6) is 11.5 Å². The van der Waals surface area contributed by atoms with Crippen molar-refractivity contribution in [2.45, 2.75) is 52.4 Å². The topological polar surface area (TPSA) is 115 Å². The Hall–Kier alpha value is -2.93. The molecule has 0 fully saturated rings. The van der Waals surface area contributed by atoms with Crippen molar-refractivity contribution in [1.29, 1.82) is 0 Å². The Balaban J connectivity index is 0.00000562. The van der Waals surface area contributed by atoms with Gasteiger partial charge in [0.15, 0.2) is 5.75 Å². The largest absolute Gasteiger partial charge is 2.00 e. The van der Waals surface area contributed by atoms with Crippen LogP contribution < -0.4 is 14.7 Å². The Morgan fingerprint density at radius 3 is 1.24 bits per heavy atom. The first kappa shape index (κ1) is 49.1. The molecule has 8 bridgehead atoms. The fraction of sp³-hybridized carbons (Fsp3) is 0.174. The van der Waals surface area contributed by atoms with Crippen molar-refractivity contribution >= 4 is 172 Å².